The lowest BCUT2D eigenvalue weighted by Crippen LogP contribution is -2.08. The minimum atomic E-state index is -0.526. The molecule has 0 aromatic carbocycles. The van der Waals surface area contributed by atoms with Crippen LogP contribution in [0.25, 0.3) is 0 Å². The summed E-state index contributed by atoms with van der Waals surface area (Å²) in [5, 5.41) is 0. The Morgan fingerprint density at radius 2 is 1.92 bits per heavy atom. The van der Waals surface area contributed by atoms with Gasteiger partial charge in [0.25, 0.3) is 0 Å². The molecule has 0 aromatic rings. The molecule has 0 radical (unpaired) electrons. The highest BCUT2D eigenvalue weighted by atomic mass is 16.5. The quantitative estimate of drug-likeness (QED) is 0.270. The fourth-order valence-electron chi connectivity index (χ4n) is 0.701. The summed E-state index contributed by atoms with van der Waals surface area (Å²) in [6, 6.07) is 0. The van der Waals surface area contributed by atoms with Gasteiger partial charge in [0.1, 0.15) is 12.0 Å². The maximum atomic E-state index is 11.0. The summed E-state index contributed by atoms with van der Waals surface area (Å²) in [5.74, 6) is -0.115. The van der Waals surface area contributed by atoms with E-state index in [0.29, 0.717) is 12.0 Å². The lowest BCUT2D eigenvalue weighted by molar-refractivity contribution is -0.137. The summed E-state index contributed by atoms with van der Waals surface area (Å²) in [7, 11) is 2.69. The lowest BCUT2D eigenvalue weighted by atomic mass is 10.2. The smallest absolute Gasteiger partial charge is 0.337 e. The van der Waals surface area contributed by atoms with Crippen LogP contribution in [0.4, 0.5) is 0 Å². The molecule has 0 atom stereocenters. The fraction of sp³-hybridized carbons (Fsp3) is 0.500. The summed E-state index contributed by atoms with van der Waals surface area (Å²) >= 11 is 0. The minimum absolute atomic E-state index is 0.0202. The van der Waals surface area contributed by atoms with Crippen molar-refractivity contribution < 1.29 is 19.1 Å². The van der Waals surface area contributed by atoms with Crippen molar-refractivity contribution in [3.05, 3.63) is 11.3 Å². The van der Waals surface area contributed by atoms with E-state index in [1.165, 1.54) is 14.2 Å². The SMILES string of the molecule is COC(=O)C(CC=O)=C(C)OC. The topological polar surface area (TPSA) is 52.6 Å². The predicted octanol–water partition coefficient (Wildman–Crippen LogP) is 0.669. The van der Waals surface area contributed by atoms with Crippen LogP contribution in [0.2, 0.25) is 0 Å². The van der Waals surface area contributed by atoms with Crippen molar-refractivity contribution in [2.45, 2.75) is 13.3 Å². The van der Waals surface area contributed by atoms with Gasteiger partial charge >= 0.3 is 5.97 Å². The van der Waals surface area contributed by atoms with Crippen molar-refractivity contribution in [3.63, 3.8) is 0 Å². The van der Waals surface area contributed by atoms with Gasteiger partial charge in [-0.3, -0.25) is 0 Å². The van der Waals surface area contributed by atoms with Gasteiger partial charge in [-0.1, -0.05) is 0 Å². The predicted molar refractivity (Wildman–Crippen MR) is 42.4 cm³/mol. The van der Waals surface area contributed by atoms with Crippen LogP contribution >= 0.6 is 0 Å². The van der Waals surface area contributed by atoms with E-state index in [9.17, 15) is 9.59 Å². The van der Waals surface area contributed by atoms with E-state index >= 15 is 0 Å². The van der Waals surface area contributed by atoms with Crippen molar-refractivity contribution in [1.29, 1.82) is 0 Å². The fourth-order valence-corrected chi connectivity index (χ4v) is 0.701. The summed E-state index contributed by atoms with van der Waals surface area (Å²) in [6.07, 6.45) is 0.654. The van der Waals surface area contributed by atoms with Crippen LogP contribution in [0.1, 0.15) is 13.3 Å². The second kappa shape index (κ2) is 5.35. The molecular formula is C8H12O4. The average molecular weight is 172 g/mol. The van der Waals surface area contributed by atoms with Gasteiger partial charge in [0, 0.05) is 6.42 Å². The highest BCUT2D eigenvalue weighted by Crippen LogP contribution is 2.09. The summed E-state index contributed by atoms with van der Waals surface area (Å²) in [6.45, 7) is 1.61. The van der Waals surface area contributed by atoms with Gasteiger partial charge in [0.05, 0.1) is 19.8 Å². The number of esters is 1. The molecule has 0 spiro atoms. The van der Waals surface area contributed by atoms with Gasteiger partial charge in [0.15, 0.2) is 0 Å². The maximum Gasteiger partial charge on any atom is 0.337 e. The first-order valence-electron chi connectivity index (χ1n) is 3.43. The molecule has 0 amide bonds. The molecular weight excluding hydrogens is 160 g/mol. The molecule has 0 N–H and O–H groups in total. The molecule has 0 bridgehead atoms. The standard InChI is InChI=1S/C8H12O4/c1-6(11-2)7(4-5-9)8(10)12-3/h5H,4H2,1-3H3. The number of ether oxygens (including phenoxy) is 2. The molecule has 12 heavy (non-hydrogen) atoms. The zero-order chi connectivity index (χ0) is 9.56. The number of methoxy groups -OCH3 is 2. The van der Waals surface area contributed by atoms with E-state index < -0.39 is 5.97 Å². The molecule has 0 aliphatic rings. The highest BCUT2D eigenvalue weighted by Gasteiger charge is 2.12. The Hall–Kier alpha value is -1.32. The molecule has 0 aliphatic heterocycles. The number of carbonyl (C=O) groups excluding carboxylic acids is 2. The van der Waals surface area contributed by atoms with Crippen LogP contribution in [0, 0.1) is 0 Å². The summed E-state index contributed by atoms with van der Waals surface area (Å²) in [4.78, 5) is 21.1. The molecule has 0 rings (SSSR count). The molecule has 68 valence electrons. The molecule has 0 fully saturated rings. The van der Waals surface area contributed by atoms with E-state index in [2.05, 4.69) is 4.74 Å². The second-order valence-electron chi connectivity index (χ2n) is 2.10. The first kappa shape index (κ1) is 10.7. The second-order valence-corrected chi connectivity index (χ2v) is 2.10. The van der Waals surface area contributed by atoms with Crippen molar-refractivity contribution in [3.8, 4) is 0 Å². The van der Waals surface area contributed by atoms with Gasteiger partial charge in [-0.15, -0.1) is 0 Å². The van der Waals surface area contributed by atoms with Crippen molar-refractivity contribution in [2.24, 2.45) is 0 Å². The zero-order valence-corrected chi connectivity index (χ0v) is 7.42. The van der Waals surface area contributed by atoms with Crippen LogP contribution in [-0.2, 0) is 19.1 Å². The maximum absolute atomic E-state index is 11.0. The molecule has 0 saturated carbocycles. The summed E-state index contributed by atoms with van der Waals surface area (Å²) in [5.41, 5.74) is 0.259. The molecule has 0 heterocycles. The number of hydrogen-bond acceptors (Lipinski definition) is 4. The third kappa shape index (κ3) is 2.74. The Kier molecular flexibility index (Phi) is 4.76. The minimum Gasteiger partial charge on any atom is -0.501 e. The number of carbonyl (C=O) groups is 2. The van der Waals surface area contributed by atoms with E-state index in [4.69, 9.17) is 4.74 Å². The number of hydrogen-bond donors (Lipinski definition) is 0. The van der Waals surface area contributed by atoms with E-state index in [0.717, 1.165) is 0 Å². The highest BCUT2D eigenvalue weighted by molar-refractivity contribution is 5.91. The number of aldehydes is 1. The zero-order valence-electron chi connectivity index (χ0n) is 7.42. The first-order valence-corrected chi connectivity index (χ1v) is 3.43. The van der Waals surface area contributed by atoms with Crippen LogP contribution in [0.15, 0.2) is 11.3 Å². The van der Waals surface area contributed by atoms with Crippen molar-refractivity contribution in [2.75, 3.05) is 14.2 Å². The Balaban J connectivity index is 4.63. The van der Waals surface area contributed by atoms with Gasteiger partial charge < -0.3 is 14.3 Å². The Labute approximate surface area is 71.2 Å². The van der Waals surface area contributed by atoms with Crippen molar-refractivity contribution in [1.82, 2.24) is 0 Å². The van der Waals surface area contributed by atoms with Crippen LogP contribution in [-0.4, -0.2) is 26.5 Å². The molecule has 0 aliphatic carbocycles. The number of allylic oxidation sites excluding steroid dienone is 1. The lowest BCUT2D eigenvalue weighted by Gasteiger charge is -2.05. The van der Waals surface area contributed by atoms with Crippen LogP contribution < -0.4 is 0 Å². The average Bonchev–Trinajstić information content (AvgIpc) is 2.11. The number of rotatable bonds is 4. The summed E-state index contributed by atoms with van der Waals surface area (Å²) < 4.78 is 9.26. The van der Waals surface area contributed by atoms with Crippen molar-refractivity contribution >= 4 is 12.3 Å². The Morgan fingerprint density at radius 3 is 2.25 bits per heavy atom. The largest absolute Gasteiger partial charge is 0.501 e. The molecule has 4 nitrogen and oxygen atoms in total. The molecule has 0 aromatic heterocycles. The van der Waals surface area contributed by atoms with Gasteiger partial charge in [-0.2, -0.15) is 0 Å². The van der Waals surface area contributed by atoms with Crippen LogP contribution in [0.3, 0.4) is 0 Å². The van der Waals surface area contributed by atoms with Crippen LogP contribution in [0.5, 0.6) is 0 Å². The third-order valence-electron chi connectivity index (χ3n) is 1.45. The van der Waals surface area contributed by atoms with Gasteiger partial charge in [0.2, 0.25) is 0 Å². The molecule has 0 unspecified atom stereocenters. The van der Waals surface area contributed by atoms with Gasteiger partial charge in [-0.05, 0) is 6.92 Å². The third-order valence-corrected chi connectivity index (χ3v) is 1.45. The van der Waals surface area contributed by atoms with Gasteiger partial charge in [-0.25, -0.2) is 4.79 Å². The monoisotopic (exact) mass is 172 g/mol. The van der Waals surface area contributed by atoms with E-state index in [1.807, 2.05) is 0 Å². The van der Waals surface area contributed by atoms with E-state index in [-0.39, 0.29) is 12.0 Å². The molecule has 0 saturated heterocycles. The first-order chi connectivity index (χ1) is 5.67. The Morgan fingerprint density at radius 1 is 1.33 bits per heavy atom. The normalized spacial score (nSPS) is 11.6. The Bertz CT molecular complexity index is 205. The van der Waals surface area contributed by atoms with E-state index in [1.54, 1.807) is 6.92 Å². The molecule has 4 heteroatoms.